The Morgan fingerprint density at radius 1 is 0.857 bits per heavy atom. The molecule has 0 aromatic heterocycles. The molecule has 6 rings (SSSR count). The van der Waals surface area contributed by atoms with Gasteiger partial charge in [-0.2, -0.15) is 0 Å². The lowest BCUT2D eigenvalue weighted by molar-refractivity contribution is -0.154. The number of benzene rings is 4. The van der Waals surface area contributed by atoms with Crippen molar-refractivity contribution in [2.75, 3.05) is 26.2 Å². The van der Waals surface area contributed by atoms with Crippen molar-refractivity contribution in [2.24, 2.45) is 0 Å². The number of carbonyl (C=O) groups is 1. The van der Waals surface area contributed by atoms with E-state index in [4.69, 9.17) is 9.47 Å². The summed E-state index contributed by atoms with van der Waals surface area (Å²) < 4.78 is 14.2. The van der Waals surface area contributed by atoms with Crippen LogP contribution in [0.15, 0.2) is 120 Å². The molecular formula is C36H37BrN2O3. The van der Waals surface area contributed by atoms with Crippen LogP contribution in [0.3, 0.4) is 0 Å². The summed E-state index contributed by atoms with van der Waals surface area (Å²) in [5.74, 6) is 0.0351. The zero-order valence-electron chi connectivity index (χ0n) is 23.9. The van der Waals surface area contributed by atoms with Gasteiger partial charge in [-0.15, -0.1) is 0 Å². The second-order valence-corrected chi connectivity index (χ2v) is 12.1. The first kappa shape index (κ1) is 28.8. The van der Waals surface area contributed by atoms with Crippen LogP contribution in [-0.2, 0) is 19.9 Å². The predicted molar refractivity (Wildman–Crippen MR) is 169 cm³/mol. The van der Waals surface area contributed by atoms with Gasteiger partial charge in [-0.3, -0.25) is 9.69 Å². The fraction of sp³-hybridized carbons (Fsp3) is 0.306. The molecule has 0 spiro atoms. The van der Waals surface area contributed by atoms with Crippen molar-refractivity contribution in [1.82, 2.24) is 10.2 Å². The summed E-state index contributed by atoms with van der Waals surface area (Å²) >= 11 is 3.61. The molecule has 0 unspecified atom stereocenters. The average molecular weight is 626 g/mol. The molecule has 0 radical (unpaired) electrons. The highest BCUT2D eigenvalue weighted by atomic mass is 79.9. The van der Waals surface area contributed by atoms with Gasteiger partial charge in [0.1, 0.15) is 11.7 Å². The molecule has 0 saturated carbocycles. The van der Waals surface area contributed by atoms with Gasteiger partial charge in [0.05, 0.1) is 6.61 Å². The van der Waals surface area contributed by atoms with Gasteiger partial charge in [-0.1, -0.05) is 119 Å². The molecule has 5 nitrogen and oxygen atoms in total. The number of ether oxygens (including phenoxy) is 2. The van der Waals surface area contributed by atoms with Crippen molar-refractivity contribution in [3.63, 3.8) is 0 Å². The highest BCUT2D eigenvalue weighted by Gasteiger charge is 2.51. The number of hydrogen-bond donors (Lipinski definition) is 1. The summed E-state index contributed by atoms with van der Waals surface area (Å²) in [6.07, 6.45) is 0.634. The second-order valence-electron chi connectivity index (χ2n) is 11.2. The first-order valence-corrected chi connectivity index (χ1v) is 15.6. The van der Waals surface area contributed by atoms with E-state index in [2.05, 4.69) is 123 Å². The van der Waals surface area contributed by atoms with E-state index >= 15 is 0 Å². The summed E-state index contributed by atoms with van der Waals surface area (Å²) in [7, 11) is 0. The van der Waals surface area contributed by atoms with Crippen molar-refractivity contribution in [2.45, 2.75) is 43.1 Å². The summed E-state index contributed by atoms with van der Waals surface area (Å²) in [4.78, 5) is 14.5. The van der Waals surface area contributed by atoms with E-state index in [0.717, 1.165) is 40.7 Å². The number of halogens is 1. The minimum absolute atomic E-state index is 0.102. The van der Waals surface area contributed by atoms with Gasteiger partial charge in [-0.05, 0) is 47.4 Å². The highest BCUT2D eigenvalue weighted by Crippen LogP contribution is 2.45. The van der Waals surface area contributed by atoms with E-state index in [1.54, 1.807) is 0 Å². The van der Waals surface area contributed by atoms with E-state index < -0.39 is 5.60 Å². The molecule has 0 amide bonds. The van der Waals surface area contributed by atoms with Crippen LogP contribution in [0.5, 0.6) is 0 Å². The molecule has 2 aliphatic heterocycles. The topological polar surface area (TPSA) is 50.8 Å². The third-order valence-corrected chi connectivity index (χ3v) is 9.22. The third kappa shape index (κ3) is 5.82. The van der Waals surface area contributed by atoms with Crippen LogP contribution in [0.2, 0.25) is 0 Å². The number of hydrogen-bond acceptors (Lipinski definition) is 5. The lowest BCUT2D eigenvalue weighted by atomic mass is 9.74. The molecule has 42 heavy (non-hydrogen) atoms. The molecular weight excluding hydrogens is 588 g/mol. The largest absolute Gasteiger partial charge is 0.461 e. The van der Waals surface area contributed by atoms with Gasteiger partial charge in [0.15, 0.2) is 0 Å². The molecule has 6 heteroatoms. The Bertz CT molecular complexity index is 1350. The van der Waals surface area contributed by atoms with Crippen molar-refractivity contribution < 1.29 is 14.3 Å². The Kier molecular flexibility index (Phi) is 8.86. The van der Waals surface area contributed by atoms with Gasteiger partial charge in [0.2, 0.25) is 0 Å². The van der Waals surface area contributed by atoms with Gasteiger partial charge in [0, 0.05) is 42.5 Å². The van der Waals surface area contributed by atoms with E-state index in [-0.39, 0.29) is 30.1 Å². The summed E-state index contributed by atoms with van der Waals surface area (Å²) in [6, 6.07) is 40.6. The van der Waals surface area contributed by atoms with Crippen LogP contribution in [0.25, 0.3) is 0 Å². The SMILES string of the molecule is CC(=O)O[C@H]1CCNC[C@H]2[C@@H](c3ccc(Br)cc3)[C@@H](COC(c3ccccc3)(c3ccccc3)c3ccccc3)N2C1. The first-order chi connectivity index (χ1) is 20.6. The molecule has 1 N–H and O–H groups in total. The first-order valence-electron chi connectivity index (χ1n) is 14.8. The van der Waals surface area contributed by atoms with Crippen molar-refractivity contribution in [1.29, 1.82) is 0 Å². The fourth-order valence-corrected chi connectivity index (χ4v) is 7.07. The number of rotatable bonds is 8. The van der Waals surface area contributed by atoms with Gasteiger partial charge < -0.3 is 14.8 Å². The van der Waals surface area contributed by atoms with Gasteiger partial charge >= 0.3 is 5.97 Å². The third-order valence-electron chi connectivity index (χ3n) is 8.69. The molecule has 216 valence electrons. The number of esters is 1. The highest BCUT2D eigenvalue weighted by molar-refractivity contribution is 9.10. The van der Waals surface area contributed by atoms with Crippen molar-refractivity contribution in [3.8, 4) is 0 Å². The van der Waals surface area contributed by atoms with Crippen LogP contribution in [0.1, 0.15) is 41.5 Å². The molecule has 2 saturated heterocycles. The van der Waals surface area contributed by atoms with Gasteiger partial charge in [0.25, 0.3) is 0 Å². The monoisotopic (exact) mass is 624 g/mol. The summed E-state index contributed by atoms with van der Waals surface area (Å²) in [5.41, 5.74) is 3.76. The zero-order chi connectivity index (χ0) is 28.9. The Balaban J connectivity index is 1.41. The fourth-order valence-electron chi connectivity index (χ4n) is 6.81. The molecule has 4 aromatic carbocycles. The second kappa shape index (κ2) is 12.9. The quantitative estimate of drug-likeness (QED) is 0.179. The Hall–Kier alpha value is -3.29. The minimum atomic E-state index is -0.796. The maximum Gasteiger partial charge on any atom is 0.302 e. The molecule has 4 atom stereocenters. The predicted octanol–water partition coefficient (Wildman–Crippen LogP) is 6.52. The van der Waals surface area contributed by atoms with Crippen molar-refractivity contribution in [3.05, 3.63) is 142 Å². The molecule has 2 heterocycles. The number of carbonyl (C=O) groups excluding carboxylic acids is 1. The van der Waals surface area contributed by atoms with E-state index in [0.29, 0.717) is 13.2 Å². The zero-order valence-corrected chi connectivity index (χ0v) is 25.5. The summed E-state index contributed by atoms with van der Waals surface area (Å²) in [5, 5.41) is 3.62. The van der Waals surface area contributed by atoms with E-state index in [9.17, 15) is 4.79 Å². The van der Waals surface area contributed by atoms with Crippen LogP contribution in [0, 0.1) is 0 Å². The van der Waals surface area contributed by atoms with Crippen LogP contribution < -0.4 is 5.32 Å². The van der Waals surface area contributed by atoms with E-state index in [1.165, 1.54) is 12.5 Å². The standard InChI is InChI=1S/C36H37BrN2O3/c1-26(40)42-32-21-22-38-23-33-35(27-17-19-31(37)20-18-27)34(39(33)24-32)25-41-36(28-11-5-2-6-12-28,29-13-7-3-8-14-29)30-15-9-4-10-16-30/h2-20,32-35,38H,21-25H2,1H3/t32-,33-,34+,35+/m0/s1. The number of nitrogens with one attached hydrogen (secondary N) is 1. The Labute approximate surface area is 257 Å². The number of fused-ring (bicyclic) bond motifs is 1. The lowest BCUT2D eigenvalue weighted by Gasteiger charge is -2.57. The Morgan fingerprint density at radius 2 is 1.40 bits per heavy atom. The maximum atomic E-state index is 12.0. The Morgan fingerprint density at radius 3 is 1.93 bits per heavy atom. The lowest BCUT2D eigenvalue weighted by Crippen LogP contribution is -2.69. The maximum absolute atomic E-state index is 12.0. The minimum Gasteiger partial charge on any atom is -0.461 e. The van der Waals surface area contributed by atoms with Gasteiger partial charge in [-0.25, -0.2) is 0 Å². The molecule has 2 aliphatic rings. The molecule has 0 bridgehead atoms. The molecule has 2 fully saturated rings. The number of nitrogens with zero attached hydrogens (tertiary/aromatic N) is 1. The normalized spacial score (nSPS) is 22.7. The average Bonchev–Trinajstić information content (AvgIpc) is 3.01. The smallest absolute Gasteiger partial charge is 0.302 e. The van der Waals surface area contributed by atoms with Crippen LogP contribution >= 0.6 is 15.9 Å². The van der Waals surface area contributed by atoms with Crippen LogP contribution in [0.4, 0.5) is 0 Å². The summed E-state index contributed by atoms with van der Waals surface area (Å²) in [6.45, 7) is 4.41. The van der Waals surface area contributed by atoms with Crippen molar-refractivity contribution >= 4 is 21.9 Å². The van der Waals surface area contributed by atoms with E-state index in [1.807, 2.05) is 18.2 Å². The molecule has 4 aromatic rings. The van der Waals surface area contributed by atoms with Crippen LogP contribution in [-0.4, -0.2) is 55.3 Å². The molecule has 0 aliphatic carbocycles.